The van der Waals surface area contributed by atoms with Gasteiger partial charge in [0.2, 0.25) is 0 Å². The first-order chi connectivity index (χ1) is 9.54. The quantitative estimate of drug-likeness (QED) is 0.724. The number of aliphatic carboxylic acids is 1. The number of carbonyl (C=O) groups excluding carboxylic acids is 1. The van der Waals surface area contributed by atoms with E-state index in [0.29, 0.717) is 0 Å². The Morgan fingerprint density at radius 1 is 1.24 bits per heavy atom. The monoisotopic (exact) mass is 300 g/mol. The molecule has 1 saturated carbocycles. The largest absolute Gasteiger partial charge is 0.480 e. The van der Waals surface area contributed by atoms with E-state index in [0.717, 1.165) is 19.3 Å². The second-order valence-electron chi connectivity index (χ2n) is 7.57. The number of carbonyl (C=O) groups is 2. The number of ether oxygens (including phenoxy) is 1. The maximum Gasteiger partial charge on any atom is 0.328 e. The molecule has 21 heavy (non-hydrogen) atoms. The number of amides is 2. The summed E-state index contributed by atoms with van der Waals surface area (Å²) >= 11 is 0. The first-order valence-electron chi connectivity index (χ1n) is 7.33. The van der Waals surface area contributed by atoms with Gasteiger partial charge in [0, 0.05) is 13.2 Å². The zero-order valence-corrected chi connectivity index (χ0v) is 13.7. The zero-order valence-electron chi connectivity index (χ0n) is 13.7. The van der Waals surface area contributed by atoms with Crippen molar-refractivity contribution in [3.8, 4) is 0 Å². The van der Waals surface area contributed by atoms with Gasteiger partial charge < -0.3 is 20.5 Å². The maximum absolute atomic E-state index is 12.0. The first-order valence-corrected chi connectivity index (χ1v) is 7.33. The van der Waals surface area contributed by atoms with Crippen molar-refractivity contribution in [2.24, 2.45) is 10.8 Å². The van der Waals surface area contributed by atoms with E-state index >= 15 is 0 Å². The molecule has 1 rings (SSSR count). The fraction of sp³-hybridized carbons (Fsp3) is 0.867. The maximum atomic E-state index is 12.0. The van der Waals surface area contributed by atoms with Crippen LogP contribution in [-0.4, -0.2) is 42.9 Å². The van der Waals surface area contributed by atoms with E-state index in [9.17, 15) is 9.59 Å². The highest BCUT2D eigenvalue weighted by Gasteiger charge is 2.39. The number of nitrogens with one attached hydrogen (secondary N) is 2. The molecule has 1 aliphatic carbocycles. The van der Waals surface area contributed by atoms with E-state index < -0.39 is 18.0 Å². The summed E-state index contributed by atoms with van der Waals surface area (Å²) in [4.78, 5) is 23.0. The van der Waals surface area contributed by atoms with Crippen LogP contribution in [0.4, 0.5) is 4.79 Å². The predicted octanol–water partition coefficient (Wildman–Crippen LogP) is 1.99. The lowest BCUT2D eigenvalue weighted by molar-refractivity contribution is -0.140. The fourth-order valence-corrected chi connectivity index (χ4v) is 3.67. The van der Waals surface area contributed by atoms with Gasteiger partial charge in [0.1, 0.15) is 0 Å². The topological polar surface area (TPSA) is 87.7 Å². The van der Waals surface area contributed by atoms with E-state index in [2.05, 4.69) is 38.3 Å². The van der Waals surface area contributed by atoms with Crippen LogP contribution in [-0.2, 0) is 9.53 Å². The highest BCUT2D eigenvalue weighted by molar-refractivity contribution is 5.82. The molecule has 0 bridgehead atoms. The molecular formula is C15H28N2O4. The second kappa shape index (κ2) is 6.64. The molecule has 122 valence electrons. The minimum absolute atomic E-state index is 0.0512. The Labute approximate surface area is 126 Å². The normalized spacial score (nSPS) is 22.3. The third kappa shape index (κ3) is 5.91. The number of carboxylic acid groups (broad SMARTS) is 1. The Kier molecular flexibility index (Phi) is 5.61. The highest BCUT2D eigenvalue weighted by Crippen LogP contribution is 2.45. The van der Waals surface area contributed by atoms with Crippen LogP contribution in [0.2, 0.25) is 0 Å². The fourth-order valence-electron chi connectivity index (χ4n) is 3.67. The average Bonchev–Trinajstić information content (AvgIpc) is 2.23. The van der Waals surface area contributed by atoms with Gasteiger partial charge in [0.25, 0.3) is 0 Å². The number of methoxy groups -OCH3 is 1. The Morgan fingerprint density at radius 2 is 1.76 bits per heavy atom. The molecule has 0 radical (unpaired) electrons. The summed E-state index contributed by atoms with van der Waals surface area (Å²) in [5.74, 6) is -1.10. The van der Waals surface area contributed by atoms with Gasteiger partial charge in [-0.2, -0.15) is 0 Å². The van der Waals surface area contributed by atoms with Gasteiger partial charge >= 0.3 is 12.0 Å². The molecule has 1 aliphatic rings. The molecule has 1 unspecified atom stereocenters. The summed E-state index contributed by atoms with van der Waals surface area (Å²) in [7, 11) is 1.40. The van der Waals surface area contributed by atoms with Crippen molar-refractivity contribution in [1.29, 1.82) is 0 Å². The molecule has 6 nitrogen and oxygen atoms in total. The van der Waals surface area contributed by atoms with Gasteiger partial charge in [-0.3, -0.25) is 0 Å². The van der Waals surface area contributed by atoms with E-state index in [1.807, 2.05) is 0 Å². The van der Waals surface area contributed by atoms with Crippen molar-refractivity contribution in [3.63, 3.8) is 0 Å². The van der Waals surface area contributed by atoms with Crippen molar-refractivity contribution in [1.82, 2.24) is 10.6 Å². The van der Waals surface area contributed by atoms with E-state index in [4.69, 9.17) is 9.84 Å². The summed E-state index contributed by atoms with van der Waals surface area (Å²) in [6.07, 6.45) is 2.90. The first kappa shape index (κ1) is 17.8. The molecule has 6 heteroatoms. The van der Waals surface area contributed by atoms with Gasteiger partial charge in [-0.1, -0.05) is 27.7 Å². The third-order valence-electron chi connectivity index (χ3n) is 3.83. The van der Waals surface area contributed by atoms with Crippen LogP contribution in [0.5, 0.6) is 0 Å². The van der Waals surface area contributed by atoms with Gasteiger partial charge in [-0.25, -0.2) is 9.59 Å². The number of carboxylic acids is 1. The average molecular weight is 300 g/mol. The van der Waals surface area contributed by atoms with Gasteiger partial charge in [-0.15, -0.1) is 0 Å². The van der Waals surface area contributed by atoms with Crippen molar-refractivity contribution in [3.05, 3.63) is 0 Å². The Hall–Kier alpha value is -1.30. The van der Waals surface area contributed by atoms with Crippen LogP contribution in [0.15, 0.2) is 0 Å². The highest BCUT2D eigenvalue weighted by atomic mass is 16.5. The Morgan fingerprint density at radius 3 is 2.19 bits per heavy atom. The summed E-state index contributed by atoms with van der Waals surface area (Å²) < 4.78 is 4.80. The number of rotatable bonds is 5. The minimum Gasteiger partial charge on any atom is -0.480 e. The number of urea groups is 1. The van der Waals surface area contributed by atoms with Crippen molar-refractivity contribution in [2.75, 3.05) is 13.7 Å². The molecule has 0 aromatic carbocycles. The minimum atomic E-state index is -1.10. The summed E-state index contributed by atoms with van der Waals surface area (Å²) in [5, 5.41) is 14.4. The van der Waals surface area contributed by atoms with Crippen LogP contribution < -0.4 is 10.6 Å². The Bertz CT molecular complexity index is 377. The third-order valence-corrected chi connectivity index (χ3v) is 3.83. The van der Waals surface area contributed by atoms with Crippen molar-refractivity contribution in [2.45, 2.75) is 59.0 Å². The molecule has 2 amide bonds. The van der Waals surface area contributed by atoms with E-state index in [1.54, 1.807) is 0 Å². The number of hydrogen-bond donors (Lipinski definition) is 3. The lowest BCUT2D eigenvalue weighted by Crippen LogP contribution is -2.53. The van der Waals surface area contributed by atoms with Crippen molar-refractivity contribution < 1.29 is 19.4 Å². The van der Waals surface area contributed by atoms with Crippen LogP contribution in [0, 0.1) is 10.8 Å². The van der Waals surface area contributed by atoms with E-state index in [1.165, 1.54) is 7.11 Å². The molecule has 1 atom stereocenters. The molecule has 0 saturated heterocycles. The van der Waals surface area contributed by atoms with Gasteiger partial charge in [0.05, 0.1) is 6.61 Å². The molecule has 3 N–H and O–H groups in total. The molecule has 0 spiro atoms. The summed E-state index contributed by atoms with van der Waals surface area (Å²) in [6, 6.07) is -1.42. The van der Waals surface area contributed by atoms with Crippen LogP contribution in [0.1, 0.15) is 47.0 Å². The molecular weight excluding hydrogens is 272 g/mol. The standard InChI is InChI=1S/C15H28N2O4/c1-14(2)6-10(7-15(3,4)9-14)16-13(20)17-11(8-21-5)12(18)19/h10-11H,6-9H2,1-5H3,(H,18,19)(H2,16,17,20). The van der Waals surface area contributed by atoms with Crippen LogP contribution in [0.3, 0.4) is 0 Å². The predicted molar refractivity (Wildman–Crippen MR) is 80.2 cm³/mol. The van der Waals surface area contributed by atoms with Gasteiger partial charge in [0.15, 0.2) is 6.04 Å². The zero-order chi connectivity index (χ0) is 16.3. The van der Waals surface area contributed by atoms with E-state index in [-0.39, 0.29) is 23.5 Å². The SMILES string of the molecule is COCC(NC(=O)NC1CC(C)(C)CC(C)(C)C1)C(=O)O. The molecule has 0 aromatic heterocycles. The smallest absolute Gasteiger partial charge is 0.328 e. The molecule has 0 heterocycles. The summed E-state index contributed by atoms with van der Waals surface area (Å²) in [6.45, 7) is 8.75. The summed E-state index contributed by atoms with van der Waals surface area (Å²) in [5.41, 5.74) is 0.330. The second-order valence-corrected chi connectivity index (χ2v) is 7.57. The van der Waals surface area contributed by atoms with Crippen LogP contribution in [0.25, 0.3) is 0 Å². The lowest BCUT2D eigenvalue weighted by atomic mass is 9.63. The molecule has 0 aliphatic heterocycles. The molecule has 1 fully saturated rings. The lowest BCUT2D eigenvalue weighted by Gasteiger charge is -2.45. The van der Waals surface area contributed by atoms with Crippen LogP contribution >= 0.6 is 0 Å². The molecule has 0 aromatic rings. The Balaban J connectivity index is 2.59. The van der Waals surface area contributed by atoms with Crippen molar-refractivity contribution >= 4 is 12.0 Å². The van der Waals surface area contributed by atoms with Gasteiger partial charge in [-0.05, 0) is 30.1 Å². The number of hydrogen-bond acceptors (Lipinski definition) is 3.